The first-order chi connectivity index (χ1) is 21.5. The average molecular weight is 652 g/mol. The van der Waals surface area contributed by atoms with Crippen LogP contribution in [0.15, 0.2) is 65.4 Å². The van der Waals surface area contributed by atoms with Gasteiger partial charge in [-0.25, -0.2) is 28.0 Å². The van der Waals surface area contributed by atoms with Crippen molar-refractivity contribution in [3.05, 3.63) is 71.8 Å². The van der Waals surface area contributed by atoms with E-state index in [1.807, 2.05) is 19.1 Å². The predicted octanol–water partition coefficient (Wildman–Crippen LogP) is 6.20. The summed E-state index contributed by atoms with van der Waals surface area (Å²) in [6, 6.07) is 16.6. The summed E-state index contributed by atoms with van der Waals surface area (Å²) in [5.41, 5.74) is 7.50. The molecule has 15 heteroatoms. The van der Waals surface area contributed by atoms with Crippen LogP contribution >= 0.6 is 7.75 Å². The third-order valence-corrected chi connectivity index (χ3v) is 7.65. The highest BCUT2D eigenvalue weighted by Crippen LogP contribution is 2.53. The molecule has 0 aromatic heterocycles. The van der Waals surface area contributed by atoms with E-state index in [-0.39, 0.29) is 32.5 Å². The number of carbonyl (C=O) groups is 3. The summed E-state index contributed by atoms with van der Waals surface area (Å²) in [5, 5.41) is 9.72. The Morgan fingerprint density at radius 2 is 1.29 bits per heavy atom. The Bertz CT molecular complexity index is 1210. The van der Waals surface area contributed by atoms with Crippen molar-refractivity contribution in [2.24, 2.45) is 10.5 Å². The van der Waals surface area contributed by atoms with Crippen LogP contribution in [0.2, 0.25) is 0 Å². The number of unbranched alkanes of at least 4 members (excludes halogenated alkanes) is 1. The van der Waals surface area contributed by atoms with Crippen molar-refractivity contribution in [3.8, 4) is 0 Å². The fraction of sp³-hybridized carbons (Fsp3) is 0.467. The molecule has 0 aliphatic heterocycles. The molecule has 2 aromatic carbocycles. The molecule has 0 spiro atoms. The van der Waals surface area contributed by atoms with Crippen molar-refractivity contribution in [2.45, 2.75) is 84.7 Å². The number of hydrogen-bond donors (Lipinski definition) is 2. The Hall–Kier alpha value is -4.13. The number of guanidine groups is 1. The Balaban J connectivity index is 2.24. The second-order valence-electron chi connectivity index (χ2n) is 9.70. The summed E-state index contributed by atoms with van der Waals surface area (Å²) in [4.78, 5) is 37.8. The van der Waals surface area contributed by atoms with Crippen molar-refractivity contribution < 1.29 is 52.1 Å². The van der Waals surface area contributed by atoms with Crippen molar-refractivity contribution >= 4 is 32.0 Å². The third-order valence-electron chi connectivity index (χ3n) is 6.19. The maximum absolute atomic E-state index is 14.0. The first kappa shape index (κ1) is 37.1. The number of rotatable bonds is 18. The van der Waals surface area contributed by atoms with E-state index in [4.69, 9.17) is 33.7 Å². The molecule has 248 valence electrons. The molecule has 0 saturated heterocycles. The largest absolute Gasteiger partial charge is 0.510 e. The van der Waals surface area contributed by atoms with Crippen LogP contribution in [0.1, 0.15) is 64.0 Å². The van der Waals surface area contributed by atoms with Gasteiger partial charge in [-0.3, -0.25) is 0 Å². The Morgan fingerprint density at radius 3 is 1.67 bits per heavy atom. The van der Waals surface area contributed by atoms with E-state index < -0.39 is 50.6 Å². The van der Waals surface area contributed by atoms with Gasteiger partial charge < -0.3 is 34.7 Å². The van der Waals surface area contributed by atoms with Crippen molar-refractivity contribution in [1.29, 1.82) is 0 Å². The van der Waals surface area contributed by atoms with Gasteiger partial charge in [-0.15, -0.1) is 4.76 Å². The lowest BCUT2D eigenvalue weighted by Crippen LogP contribution is -2.46. The Labute approximate surface area is 263 Å². The number of hydrogen-bond acceptors (Lipinski definition) is 10. The zero-order valence-corrected chi connectivity index (χ0v) is 26.8. The van der Waals surface area contributed by atoms with Crippen molar-refractivity contribution in [2.75, 3.05) is 7.05 Å². The molecule has 3 atom stereocenters. The highest BCUT2D eigenvalue weighted by molar-refractivity contribution is 7.52. The molecule has 3 unspecified atom stereocenters. The van der Waals surface area contributed by atoms with Gasteiger partial charge >= 0.3 is 26.0 Å². The van der Waals surface area contributed by atoms with Crippen LogP contribution in [0.3, 0.4) is 0 Å². The number of benzene rings is 2. The van der Waals surface area contributed by atoms with Crippen LogP contribution in [0.4, 0.5) is 9.59 Å². The van der Waals surface area contributed by atoms with Crippen LogP contribution < -0.4 is 5.73 Å². The number of nitrogens with two attached hydrogens (primary N) is 1. The fourth-order valence-electron chi connectivity index (χ4n) is 3.68. The average Bonchev–Trinajstić information content (AvgIpc) is 3.03. The maximum Gasteiger partial charge on any atom is 0.510 e. The molecule has 0 amide bonds. The molecule has 0 heterocycles. The zero-order valence-electron chi connectivity index (χ0n) is 25.9. The van der Waals surface area contributed by atoms with Gasteiger partial charge in [-0.05, 0) is 17.5 Å². The molecule has 0 bridgehead atoms. The number of carbonyl (C=O) groups excluding carboxylic acids is 2. The van der Waals surface area contributed by atoms with E-state index in [2.05, 4.69) is 4.76 Å². The molecule has 0 aliphatic carbocycles. The number of carboxylic acid groups (broad SMARTS) is 1. The number of carboxylic acids is 1. The van der Waals surface area contributed by atoms with Gasteiger partial charge in [0.2, 0.25) is 18.5 Å². The molecule has 14 nitrogen and oxygen atoms in total. The Morgan fingerprint density at radius 1 is 0.844 bits per heavy atom. The highest BCUT2D eigenvalue weighted by Gasteiger charge is 2.37. The molecule has 0 radical (unpaired) electrons. The van der Waals surface area contributed by atoms with Crippen molar-refractivity contribution in [1.82, 2.24) is 4.90 Å². The van der Waals surface area contributed by atoms with Crippen LogP contribution in [0.5, 0.6) is 0 Å². The number of likely N-dealkylation sites (N-methyl/N-ethyl adjacent to an activating group) is 1. The van der Waals surface area contributed by atoms with E-state index in [0.29, 0.717) is 17.5 Å². The highest BCUT2D eigenvalue weighted by atomic mass is 31.2. The van der Waals surface area contributed by atoms with Gasteiger partial charge in [-0.2, -0.15) is 0 Å². The van der Waals surface area contributed by atoms with Gasteiger partial charge in [0.1, 0.15) is 19.3 Å². The van der Waals surface area contributed by atoms with E-state index >= 15 is 0 Å². The smallest absolute Gasteiger partial charge is 0.480 e. The molecule has 2 aromatic rings. The summed E-state index contributed by atoms with van der Waals surface area (Å²) in [7, 11) is -3.41. The van der Waals surface area contributed by atoms with E-state index in [0.717, 1.165) is 11.3 Å². The number of nitrogens with zero attached hydrogens (tertiary/aromatic N) is 2. The Kier molecular flexibility index (Phi) is 15.9. The lowest BCUT2D eigenvalue weighted by molar-refractivity contribution is -0.141. The topological polar surface area (TPSA) is 186 Å². The van der Waals surface area contributed by atoms with Gasteiger partial charge in [0.25, 0.3) is 0 Å². The van der Waals surface area contributed by atoms with Crippen LogP contribution in [-0.2, 0) is 50.6 Å². The lowest BCUT2D eigenvalue weighted by atomic mass is 10.1. The summed E-state index contributed by atoms with van der Waals surface area (Å²) in [5.74, 6) is -1.67. The monoisotopic (exact) mass is 651 g/mol. The van der Waals surface area contributed by atoms with Crippen LogP contribution in [0, 0.1) is 0 Å². The fourth-order valence-corrected chi connectivity index (χ4v) is 5.19. The second kappa shape index (κ2) is 19.3. The quantitative estimate of drug-likeness (QED) is 0.0611. The summed E-state index contributed by atoms with van der Waals surface area (Å²) >= 11 is 0. The second-order valence-corrected chi connectivity index (χ2v) is 11.3. The third kappa shape index (κ3) is 13.6. The van der Waals surface area contributed by atoms with E-state index in [1.165, 1.54) is 7.05 Å². The zero-order chi connectivity index (χ0) is 33.2. The molecule has 45 heavy (non-hydrogen) atoms. The predicted molar refractivity (Wildman–Crippen MR) is 164 cm³/mol. The number of aliphatic carboxylic acids is 1. The molecule has 2 rings (SSSR count). The van der Waals surface area contributed by atoms with Gasteiger partial charge in [-0.1, -0.05) is 94.3 Å². The normalized spacial score (nSPS) is 14.7. The summed E-state index contributed by atoms with van der Waals surface area (Å²) < 4.78 is 49.6. The molecule has 3 N–H and O–H groups in total. The van der Waals surface area contributed by atoms with Gasteiger partial charge in [0.05, 0.1) is 0 Å². The lowest BCUT2D eigenvalue weighted by Gasteiger charge is -2.28. The van der Waals surface area contributed by atoms with E-state index in [1.54, 1.807) is 62.4 Å². The molecule has 0 aliphatic rings. The molecule has 0 saturated carbocycles. The maximum atomic E-state index is 14.0. The summed E-state index contributed by atoms with van der Waals surface area (Å²) in [6.45, 7) is 4.85. The van der Waals surface area contributed by atoms with Crippen LogP contribution in [-0.4, -0.2) is 59.9 Å². The minimum Gasteiger partial charge on any atom is -0.480 e. The molecular formula is C30H42N3O11P. The van der Waals surface area contributed by atoms with Gasteiger partial charge in [0.15, 0.2) is 0 Å². The number of ether oxygens (including phenoxy) is 4. The minimum absolute atomic E-state index is 0.0237. The van der Waals surface area contributed by atoms with Crippen molar-refractivity contribution in [3.63, 3.8) is 0 Å². The standard InChI is InChI=1S/C30H42N3O11P/c1-5-8-19-24(27(34)35)33(4)28(31)32-45(38,43-25(6-2)41-29(36)39-20-22-15-11-9-12-16-22)44-26(7-3)42-30(37)40-21-23-17-13-10-14-18-23/h9-18,24-26H,5-8,19-21H2,1-4H3,(H,34,35)(H2,31,32,38). The van der Waals surface area contributed by atoms with Gasteiger partial charge in [0, 0.05) is 19.9 Å². The van der Waals surface area contributed by atoms with Crippen LogP contribution in [0.25, 0.3) is 0 Å². The summed E-state index contributed by atoms with van der Waals surface area (Å²) in [6.07, 6.45) is -3.76. The molecular weight excluding hydrogens is 609 g/mol. The first-order valence-corrected chi connectivity index (χ1v) is 16.0. The first-order valence-electron chi connectivity index (χ1n) is 14.5. The molecule has 0 fully saturated rings. The van der Waals surface area contributed by atoms with E-state index in [9.17, 15) is 24.1 Å². The minimum atomic E-state index is -4.77. The SMILES string of the molecule is CCCCC(C(=O)O)N(C)C(N)=NP(=O)(OC(CC)OC(=O)OCc1ccccc1)OC(CC)OC(=O)OCc1ccccc1.